The van der Waals surface area contributed by atoms with Crippen molar-refractivity contribution in [1.82, 2.24) is 0 Å². The van der Waals surface area contributed by atoms with Crippen molar-refractivity contribution < 1.29 is 18.0 Å². The monoisotopic (exact) mass is 425 g/mol. The maximum Gasteiger partial charge on any atom is 0.261 e. The van der Waals surface area contributed by atoms with Gasteiger partial charge >= 0.3 is 0 Å². The van der Waals surface area contributed by atoms with Crippen LogP contribution in [0.1, 0.15) is 27.0 Å². The van der Waals surface area contributed by atoms with Gasteiger partial charge in [0, 0.05) is 41.5 Å². The number of hydrogen-bond donors (Lipinski definition) is 5. The second-order valence-electron chi connectivity index (χ2n) is 6.51. The number of nitrogens with one attached hydrogen (secondary N) is 4. The Morgan fingerprint density at radius 1 is 1.03 bits per heavy atom. The molecule has 0 saturated heterocycles. The van der Waals surface area contributed by atoms with E-state index in [2.05, 4.69) is 10.6 Å². The van der Waals surface area contributed by atoms with E-state index in [1.807, 2.05) is 0 Å². The number of carbonyl (C=O) groups is 1. The summed E-state index contributed by atoms with van der Waals surface area (Å²) < 4.78 is 43.1. The second kappa shape index (κ2) is 8.70. The molecular weight excluding hydrogens is 407 g/mol. The summed E-state index contributed by atoms with van der Waals surface area (Å²) in [6, 6.07) is 10.7. The normalized spacial score (nSPS) is 10.5. The third-order valence-electron chi connectivity index (χ3n) is 4.62. The molecule has 0 aromatic heterocycles. The van der Waals surface area contributed by atoms with Crippen LogP contribution in [0.15, 0.2) is 48.5 Å². The maximum atomic E-state index is 14.7. The fourth-order valence-corrected chi connectivity index (χ4v) is 3.04. The first kappa shape index (κ1) is 21.6. The van der Waals surface area contributed by atoms with Crippen molar-refractivity contribution in [2.75, 3.05) is 23.4 Å². The molecule has 0 unspecified atom stereocenters. The number of anilines is 3. The Labute approximate surface area is 175 Å². The molecule has 3 aromatic rings. The zero-order valence-corrected chi connectivity index (χ0v) is 16.3. The molecule has 6 nitrogen and oxygen atoms in total. The Bertz CT molecular complexity index is 1210. The molecule has 0 aliphatic heterocycles. The number of halogens is 3. The molecule has 31 heavy (non-hydrogen) atoms. The first-order valence-corrected chi connectivity index (χ1v) is 9.03. The summed E-state index contributed by atoms with van der Waals surface area (Å²) in [7, 11) is 1.43. The smallest absolute Gasteiger partial charge is 0.261 e. The van der Waals surface area contributed by atoms with Crippen LogP contribution in [0.3, 0.4) is 0 Å². The van der Waals surface area contributed by atoms with Crippen molar-refractivity contribution in [2.45, 2.75) is 0 Å². The lowest BCUT2D eigenvalue weighted by Crippen LogP contribution is -2.18. The average Bonchev–Trinajstić information content (AvgIpc) is 2.74. The molecule has 0 atom stereocenters. The Hall–Kier alpha value is -4.14. The zero-order chi connectivity index (χ0) is 22.7. The van der Waals surface area contributed by atoms with Gasteiger partial charge in [-0.2, -0.15) is 0 Å². The summed E-state index contributed by atoms with van der Waals surface area (Å²) in [5, 5.41) is 20.5. The van der Waals surface area contributed by atoms with Gasteiger partial charge in [0.15, 0.2) is 0 Å². The van der Waals surface area contributed by atoms with Crippen LogP contribution >= 0.6 is 0 Å². The van der Waals surface area contributed by atoms with Gasteiger partial charge in [-0.25, -0.2) is 13.2 Å². The molecule has 0 aliphatic rings. The molecule has 0 fully saturated rings. The van der Waals surface area contributed by atoms with Crippen molar-refractivity contribution >= 4 is 34.9 Å². The Kier molecular flexibility index (Phi) is 6.05. The maximum absolute atomic E-state index is 14.7. The van der Waals surface area contributed by atoms with Crippen LogP contribution in [0.2, 0.25) is 0 Å². The zero-order valence-electron chi connectivity index (χ0n) is 16.3. The van der Waals surface area contributed by atoms with Gasteiger partial charge in [0.25, 0.3) is 5.91 Å². The van der Waals surface area contributed by atoms with E-state index in [1.54, 1.807) is 6.07 Å². The molecule has 1 amide bonds. The first-order chi connectivity index (χ1) is 14.8. The fourth-order valence-electron chi connectivity index (χ4n) is 3.04. The van der Waals surface area contributed by atoms with Crippen molar-refractivity contribution in [1.29, 1.82) is 10.8 Å². The summed E-state index contributed by atoms with van der Waals surface area (Å²) in [5.41, 5.74) is 4.99. The van der Waals surface area contributed by atoms with Crippen LogP contribution in [0.25, 0.3) is 0 Å². The summed E-state index contributed by atoms with van der Waals surface area (Å²) in [6.45, 7) is 0. The van der Waals surface area contributed by atoms with Crippen LogP contribution in [-0.4, -0.2) is 24.9 Å². The standard InChI is InChI=1S/C22H18F3N5O/c1-29-18-9-16(24)19(20(25)14(18)10-26)22(31)30-11-6-7-17(27)13(8-11)21(28)12-4-2-3-5-15(12)23/h2-10,26,28-29H,27H2,1H3,(H,30,31). The van der Waals surface area contributed by atoms with Gasteiger partial charge < -0.3 is 21.8 Å². The fraction of sp³-hybridized carbons (Fsp3) is 0.0455. The quantitative estimate of drug-likeness (QED) is 0.298. The highest BCUT2D eigenvalue weighted by molar-refractivity contribution is 6.15. The number of nitrogen functional groups attached to an aromatic ring is 1. The minimum atomic E-state index is -1.19. The van der Waals surface area contributed by atoms with E-state index in [1.165, 1.54) is 43.4 Å². The molecule has 0 radical (unpaired) electrons. The number of hydrogen-bond acceptors (Lipinski definition) is 5. The van der Waals surface area contributed by atoms with Crippen LogP contribution in [-0.2, 0) is 0 Å². The summed E-state index contributed by atoms with van der Waals surface area (Å²) >= 11 is 0. The first-order valence-electron chi connectivity index (χ1n) is 9.03. The van der Waals surface area contributed by atoms with Gasteiger partial charge in [-0.1, -0.05) is 12.1 Å². The predicted molar refractivity (Wildman–Crippen MR) is 115 cm³/mol. The second-order valence-corrected chi connectivity index (χ2v) is 6.51. The number of benzene rings is 3. The molecule has 6 N–H and O–H groups in total. The third kappa shape index (κ3) is 4.11. The number of carbonyl (C=O) groups excluding carboxylic acids is 1. The molecular formula is C22H18F3N5O. The largest absolute Gasteiger partial charge is 0.398 e. The van der Waals surface area contributed by atoms with E-state index in [0.29, 0.717) is 6.21 Å². The lowest BCUT2D eigenvalue weighted by atomic mass is 9.99. The van der Waals surface area contributed by atoms with Gasteiger partial charge in [-0.05, 0) is 36.4 Å². The van der Waals surface area contributed by atoms with E-state index in [9.17, 15) is 18.0 Å². The number of rotatable bonds is 6. The summed E-state index contributed by atoms with van der Waals surface area (Å²) in [5.74, 6) is -4.01. The van der Waals surface area contributed by atoms with Crippen molar-refractivity contribution in [2.24, 2.45) is 0 Å². The van der Waals surface area contributed by atoms with Crippen LogP contribution in [0, 0.1) is 28.3 Å². The predicted octanol–water partition coefficient (Wildman–Crippen LogP) is 4.39. The lowest BCUT2D eigenvalue weighted by Gasteiger charge is -2.14. The molecule has 3 aromatic carbocycles. The van der Waals surface area contributed by atoms with E-state index < -0.39 is 28.9 Å². The van der Waals surface area contributed by atoms with Crippen molar-refractivity contribution in [3.8, 4) is 0 Å². The van der Waals surface area contributed by atoms with Gasteiger partial charge in [-0.15, -0.1) is 0 Å². The SMILES string of the molecule is CNc1cc(F)c(C(=O)Nc2ccc(N)c(C(=N)c3ccccc3F)c2)c(F)c1C=N. The van der Waals surface area contributed by atoms with Crippen molar-refractivity contribution in [3.63, 3.8) is 0 Å². The molecule has 0 spiro atoms. The molecule has 0 heterocycles. The van der Waals surface area contributed by atoms with E-state index >= 15 is 0 Å². The van der Waals surface area contributed by atoms with E-state index in [4.69, 9.17) is 16.6 Å². The minimum Gasteiger partial charge on any atom is -0.398 e. The lowest BCUT2D eigenvalue weighted by molar-refractivity contribution is 0.101. The van der Waals surface area contributed by atoms with Gasteiger partial charge in [0.05, 0.1) is 11.3 Å². The average molecular weight is 425 g/mol. The number of amides is 1. The molecule has 9 heteroatoms. The number of nitrogens with two attached hydrogens (primary N) is 1. The Balaban J connectivity index is 1.97. The highest BCUT2D eigenvalue weighted by Gasteiger charge is 2.23. The highest BCUT2D eigenvalue weighted by atomic mass is 19.1. The third-order valence-corrected chi connectivity index (χ3v) is 4.62. The van der Waals surface area contributed by atoms with E-state index in [0.717, 1.165) is 6.07 Å². The Morgan fingerprint density at radius 2 is 1.74 bits per heavy atom. The summed E-state index contributed by atoms with van der Waals surface area (Å²) in [4.78, 5) is 12.6. The molecule has 3 rings (SSSR count). The minimum absolute atomic E-state index is 0.00745. The van der Waals surface area contributed by atoms with Gasteiger partial charge in [-0.3, -0.25) is 10.2 Å². The van der Waals surface area contributed by atoms with Crippen LogP contribution < -0.4 is 16.4 Å². The Morgan fingerprint density at radius 3 is 2.39 bits per heavy atom. The van der Waals surface area contributed by atoms with Gasteiger partial charge in [0.1, 0.15) is 23.0 Å². The highest BCUT2D eigenvalue weighted by Crippen LogP contribution is 2.26. The van der Waals surface area contributed by atoms with E-state index in [-0.39, 0.29) is 39.5 Å². The molecule has 0 saturated carbocycles. The van der Waals surface area contributed by atoms with Crippen molar-refractivity contribution in [3.05, 3.63) is 88.2 Å². The summed E-state index contributed by atoms with van der Waals surface area (Å²) in [6.07, 6.45) is 0.675. The topological polar surface area (TPSA) is 115 Å². The van der Waals surface area contributed by atoms with Crippen LogP contribution in [0.5, 0.6) is 0 Å². The van der Waals surface area contributed by atoms with Gasteiger partial charge in [0.2, 0.25) is 0 Å². The molecule has 0 aliphatic carbocycles. The van der Waals surface area contributed by atoms with Crippen LogP contribution in [0.4, 0.5) is 30.2 Å². The molecule has 0 bridgehead atoms. The molecule has 158 valence electrons.